The monoisotopic (exact) mass is 480 g/mol. The lowest BCUT2D eigenvalue weighted by Crippen LogP contribution is -2.60. The molecule has 182 valence electrons. The number of ether oxygens (including phenoxy) is 2. The van der Waals surface area contributed by atoms with Crippen LogP contribution in [-0.4, -0.2) is 83.3 Å². The Morgan fingerprint density at radius 2 is 1.50 bits per heavy atom. The summed E-state index contributed by atoms with van der Waals surface area (Å²) in [4.78, 5) is 13.3. The molecule has 0 spiro atoms. The maximum Gasteiger partial charge on any atom is 0.239 e. The van der Waals surface area contributed by atoms with Gasteiger partial charge >= 0.3 is 0 Å². The molecule has 34 heavy (non-hydrogen) atoms. The molecule has 2 heterocycles. The molecule has 1 aliphatic heterocycles. The van der Waals surface area contributed by atoms with E-state index in [2.05, 4.69) is 0 Å². The van der Waals surface area contributed by atoms with E-state index >= 15 is 0 Å². The second-order valence-corrected chi connectivity index (χ2v) is 7.61. The highest BCUT2D eigenvalue weighted by atomic mass is 16.7. The molecule has 9 N–H and O–H groups in total. The zero-order chi connectivity index (χ0) is 24.9. The summed E-state index contributed by atoms with van der Waals surface area (Å²) in [6.07, 6.45) is -8.64. The van der Waals surface area contributed by atoms with Gasteiger partial charge in [0.25, 0.3) is 0 Å². The number of hydrogen-bond acceptors (Lipinski definition) is 13. The van der Waals surface area contributed by atoms with E-state index in [4.69, 9.17) is 13.9 Å². The summed E-state index contributed by atoms with van der Waals surface area (Å²) in [6.45, 7) is -0.774. The van der Waals surface area contributed by atoms with E-state index in [1.807, 2.05) is 0 Å². The third-order valence-electron chi connectivity index (χ3n) is 5.33. The maximum atomic E-state index is 13.3. The zero-order valence-corrected chi connectivity index (χ0v) is 17.1. The summed E-state index contributed by atoms with van der Waals surface area (Å²) < 4.78 is 16.3. The molecule has 13 nitrogen and oxygen atoms in total. The number of benzene rings is 2. The standard InChI is InChI=1S/C21H20O13/c22-5-12-15(28)17(30)18(31)21(33-12)34-20-16(29)13-8(24)3-7(23)4-11(13)32-19(20)6-1-9(25)14(27)10(26)2-6/h1-4,12,15,17-18,21-28,30-31H,5H2/t12-,15-,17+,18-,21-/m1/s1. The van der Waals surface area contributed by atoms with Crippen LogP contribution in [0.4, 0.5) is 0 Å². The Bertz CT molecular complexity index is 1280. The van der Waals surface area contributed by atoms with Crippen LogP contribution < -0.4 is 10.2 Å². The average molecular weight is 480 g/mol. The van der Waals surface area contributed by atoms with Crippen molar-refractivity contribution in [3.63, 3.8) is 0 Å². The Labute approximate surface area is 189 Å². The Balaban J connectivity index is 1.94. The van der Waals surface area contributed by atoms with E-state index < -0.39 is 88.4 Å². The number of phenols is 5. The number of aliphatic hydroxyl groups excluding tert-OH is 4. The van der Waals surface area contributed by atoms with Crippen molar-refractivity contribution in [3.05, 3.63) is 34.5 Å². The third-order valence-corrected chi connectivity index (χ3v) is 5.33. The molecule has 1 aliphatic rings. The van der Waals surface area contributed by atoms with E-state index in [0.717, 1.165) is 24.3 Å². The van der Waals surface area contributed by atoms with Gasteiger partial charge in [0.2, 0.25) is 17.5 Å². The van der Waals surface area contributed by atoms with E-state index in [9.17, 15) is 50.8 Å². The molecule has 4 rings (SSSR count). The Hall–Kier alpha value is -3.75. The van der Waals surface area contributed by atoms with Gasteiger partial charge in [-0.05, 0) is 12.1 Å². The molecule has 0 bridgehead atoms. The largest absolute Gasteiger partial charge is 0.508 e. The second-order valence-electron chi connectivity index (χ2n) is 7.61. The number of fused-ring (bicyclic) bond motifs is 1. The van der Waals surface area contributed by atoms with Crippen LogP contribution in [0.5, 0.6) is 34.5 Å². The minimum atomic E-state index is -1.91. The Morgan fingerprint density at radius 1 is 0.853 bits per heavy atom. The van der Waals surface area contributed by atoms with Crippen molar-refractivity contribution in [1.82, 2.24) is 0 Å². The maximum absolute atomic E-state index is 13.3. The van der Waals surface area contributed by atoms with Gasteiger partial charge in [-0.3, -0.25) is 4.79 Å². The van der Waals surface area contributed by atoms with Crippen molar-refractivity contribution < 1.29 is 59.8 Å². The molecule has 0 unspecified atom stereocenters. The molecule has 0 aliphatic carbocycles. The molecule has 0 radical (unpaired) electrons. The molecule has 13 heteroatoms. The van der Waals surface area contributed by atoms with Gasteiger partial charge in [-0.1, -0.05) is 0 Å². The Kier molecular flexibility index (Phi) is 5.89. The number of rotatable bonds is 4. The quantitative estimate of drug-likeness (QED) is 0.208. The van der Waals surface area contributed by atoms with Crippen molar-refractivity contribution in [3.8, 4) is 45.8 Å². The number of phenolic OH excluding ortho intramolecular Hbond substituents is 5. The molecule has 2 aromatic carbocycles. The van der Waals surface area contributed by atoms with E-state index in [0.29, 0.717) is 0 Å². The van der Waals surface area contributed by atoms with Gasteiger partial charge in [-0.25, -0.2) is 0 Å². The predicted octanol–water partition coefficient (Wildman–Crippen LogP) is -0.833. The SMILES string of the molecule is O=c1c(O[C@H]2O[C@H](CO)[C@@H](O)[C@H](O)[C@H]2O)c(-c2cc(O)c(O)c(O)c2)oc2cc(O)cc(O)c12. The van der Waals surface area contributed by atoms with Crippen LogP contribution in [0.3, 0.4) is 0 Å². The van der Waals surface area contributed by atoms with Crippen molar-refractivity contribution in [2.45, 2.75) is 30.7 Å². The molecule has 5 atom stereocenters. The average Bonchev–Trinajstić information content (AvgIpc) is 2.78. The first-order valence-corrected chi connectivity index (χ1v) is 9.78. The minimum Gasteiger partial charge on any atom is -0.508 e. The van der Waals surface area contributed by atoms with Gasteiger partial charge in [0.15, 0.2) is 23.0 Å². The first kappa shape index (κ1) is 23.4. The van der Waals surface area contributed by atoms with Gasteiger partial charge in [0.05, 0.1) is 6.61 Å². The highest BCUT2D eigenvalue weighted by molar-refractivity contribution is 5.88. The first-order valence-electron chi connectivity index (χ1n) is 9.78. The summed E-state index contributed by atoms with van der Waals surface area (Å²) in [5, 5.41) is 88.6. The molecule has 3 aromatic rings. The first-order chi connectivity index (χ1) is 16.0. The van der Waals surface area contributed by atoms with Gasteiger partial charge in [-0.15, -0.1) is 0 Å². The summed E-state index contributed by atoms with van der Waals surface area (Å²) >= 11 is 0. The minimum absolute atomic E-state index is 0.214. The topological polar surface area (TPSA) is 231 Å². The van der Waals surface area contributed by atoms with Crippen LogP contribution in [0.15, 0.2) is 33.5 Å². The summed E-state index contributed by atoms with van der Waals surface area (Å²) in [5.41, 5.74) is -1.59. The van der Waals surface area contributed by atoms with Crippen molar-refractivity contribution in [2.75, 3.05) is 6.61 Å². The predicted molar refractivity (Wildman–Crippen MR) is 111 cm³/mol. The van der Waals surface area contributed by atoms with Gasteiger partial charge < -0.3 is 59.8 Å². The number of hydrogen-bond donors (Lipinski definition) is 9. The third kappa shape index (κ3) is 3.81. The van der Waals surface area contributed by atoms with Crippen LogP contribution in [0.2, 0.25) is 0 Å². The van der Waals surface area contributed by atoms with E-state index in [1.54, 1.807) is 0 Å². The van der Waals surface area contributed by atoms with Crippen molar-refractivity contribution in [1.29, 1.82) is 0 Å². The summed E-state index contributed by atoms with van der Waals surface area (Å²) in [5.74, 6) is -4.83. The van der Waals surface area contributed by atoms with Crippen LogP contribution >= 0.6 is 0 Å². The lowest BCUT2D eigenvalue weighted by molar-refractivity contribution is -0.277. The van der Waals surface area contributed by atoms with Crippen molar-refractivity contribution >= 4 is 11.0 Å². The normalized spacial score (nSPS) is 24.9. The van der Waals surface area contributed by atoms with Crippen LogP contribution in [0, 0.1) is 0 Å². The van der Waals surface area contributed by atoms with Crippen molar-refractivity contribution in [2.24, 2.45) is 0 Å². The molecule has 1 fully saturated rings. The molecule has 1 aromatic heterocycles. The van der Waals surface area contributed by atoms with E-state index in [-0.39, 0.29) is 11.1 Å². The van der Waals surface area contributed by atoms with Crippen LogP contribution in [0.1, 0.15) is 0 Å². The Morgan fingerprint density at radius 3 is 2.12 bits per heavy atom. The van der Waals surface area contributed by atoms with Crippen LogP contribution in [0.25, 0.3) is 22.3 Å². The summed E-state index contributed by atoms with van der Waals surface area (Å²) in [6, 6.07) is 3.66. The second kappa shape index (κ2) is 8.55. The zero-order valence-electron chi connectivity index (χ0n) is 17.1. The highest BCUT2D eigenvalue weighted by Gasteiger charge is 2.45. The number of aliphatic hydroxyl groups is 4. The van der Waals surface area contributed by atoms with E-state index in [1.165, 1.54) is 0 Å². The lowest BCUT2D eigenvalue weighted by atomic mass is 9.99. The highest BCUT2D eigenvalue weighted by Crippen LogP contribution is 2.43. The molecular formula is C21H20O13. The molecule has 1 saturated heterocycles. The van der Waals surface area contributed by atoms with Gasteiger partial charge in [-0.2, -0.15) is 0 Å². The molecule has 0 saturated carbocycles. The molecule has 0 amide bonds. The lowest BCUT2D eigenvalue weighted by Gasteiger charge is -2.39. The fourth-order valence-corrected chi connectivity index (χ4v) is 3.58. The van der Waals surface area contributed by atoms with Gasteiger partial charge in [0, 0.05) is 17.7 Å². The number of aromatic hydroxyl groups is 5. The molecular weight excluding hydrogens is 460 g/mol. The summed E-state index contributed by atoms with van der Waals surface area (Å²) in [7, 11) is 0. The van der Waals surface area contributed by atoms with Crippen LogP contribution in [-0.2, 0) is 4.74 Å². The smallest absolute Gasteiger partial charge is 0.239 e. The fraction of sp³-hybridized carbons (Fsp3) is 0.286. The fourth-order valence-electron chi connectivity index (χ4n) is 3.58. The van der Waals surface area contributed by atoms with Gasteiger partial charge in [0.1, 0.15) is 46.9 Å².